The highest BCUT2D eigenvalue weighted by molar-refractivity contribution is 6.34. The molecule has 0 radical (unpaired) electrons. The first-order valence-electron chi connectivity index (χ1n) is 6.13. The van der Waals surface area contributed by atoms with Crippen LogP contribution in [0.4, 0.5) is 11.4 Å². The van der Waals surface area contributed by atoms with Crippen LogP contribution in [-0.2, 0) is 11.3 Å². The van der Waals surface area contributed by atoms with Gasteiger partial charge in [-0.3, -0.25) is 4.79 Å². The quantitative estimate of drug-likeness (QED) is 0.806. The van der Waals surface area contributed by atoms with E-state index in [9.17, 15) is 9.90 Å². The third-order valence-electron chi connectivity index (χ3n) is 2.71. The summed E-state index contributed by atoms with van der Waals surface area (Å²) in [6, 6.07) is 12.3. The second-order valence-electron chi connectivity index (χ2n) is 4.40. The first-order chi connectivity index (χ1) is 9.54. The van der Waals surface area contributed by atoms with E-state index in [-0.39, 0.29) is 11.7 Å². The average molecular weight is 291 g/mol. The number of halogens is 1. The van der Waals surface area contributed by atoms with Gasteiger partial charge >= 0.3 is 0 Å². The molecule has 0 spiro atoms. The lowest BCUT2D eigenvalue weighted by molar-refractivity contribution is -0.114. The highest BCUT2D eigenvalue weighted by atomic mass is 35.5. The van der Waals surface area contributed by atoms with Crippen LogP contribution in [0.1, 0.15) is 12.5 Å². The zero-order chi connectivity index (χ0) is 14.5. The van der Waals surface area contributed by atoms with Gasteiger partial charge in [0, 0.05) is 19.2 Å². The summed E-state index contributed by atoms with van der Waals surface area (Å²) in [6.07, 6.45) is 0. The highest BCUT2D eigenvalue weighted by Crippen LogP contribution is 2.25. The molecule has 5 heteroatoms. The molecule has 0 saturated carbocycles. The lowest BCUT2D eigenvalue weighted by Gasteiger charge is -2.10. The Morgan fingerprint density at radius 2 is 1.90 bits per heavy atom. The molecule has 104 valence electrons. The van der Waals surface area contributed by atoms with E-state index < -0.39 is 0 Å². The summed E-state index contributed by atoms with van der Waals surface area (Å²) in [5.74, 6) is 0.0909. The second kappa shape index (κ2) is 6.30. The standard InChI is InChI=1S/C15H15ClN2O2/c1-10(19)18-15-7-4-12(8-14(15)16)17-9-11-2-5-13(20)6-3-11/h2-8,17,20H,9H2,1H3,(H,18,19). The number of carbonyl (C=O) groups is 1. The van der Waals surface area contributed by atoms with Gasteiger partial charge in [-0.05, 0) is 35.9 Å². The number of phenolic OH excluding ortho intramolecular Hbond substituents is 1. The molecule has 3 N–H and O–H groups in total. The minimum atomic E-state index is -0.156. The van der Waals surface area contributed by atoms with Crippen molar-refractivity contribution in [3.05, 3.63) is 53.1 Å². The number of anilines is 2. The topological polar surface area (TPSA) is 61.4 Å². The summed E-state index contributed by atoms with van der Waals surface area (Å²) >= 11 is 6.09. The van der Waals surface area contributed by atoms with Gasteiger partial charge < -0.3 is 15.7 Å². The smallest absolute Gasteiger partial charge is 0.221 e. The number of rotatable bonds is 4. The van der Waals surface area contributed by atoms with Crippen molar-refractivity contribution in [1.29, 1.82) is 0 Å². The van der Waals surface area contributed by atoms with Gasteiger partial charge in [0.25, 0.3) is 0 Å². The summed E-state index contributed by atoms with van der Waals surface area (Å²) < 4.78 is 0. The number of hydrogen-bond donors (Lipinski definition) is 3. The molecule has 0 heterocycles. The molecule has 0 bridgehead atoms. The molecular weight excluding hydrogens is 276 g/mol. The molecule has 0 saturated heterocycles. The van der Waals surface area contributed by atoms with Gasteiger partial charge in [-0.1, -0.05) is 23.7 Å². The van der Waals surface area contributed by atoms with Gasteiger partial charge in [-0.2, -0.15) is 0 Å². The van der Waals surface area contributed by atoms with Crippen LogP contribution < -0.4 is 10.6 Å². The predicted octanol–water partition coefficient (Wildman–Crippen LogP) is 3.62. The van der Waals surface area contributed by atoms with Crippen molar-refractivity contribution in [1.82, 2.24) is 0 Å². The van der Waals surface area contributed by atoms with Crippen LogP contribution >= 0.6 is 11.6 Å². The first-order valence-corrected chi connectivity index (χ1v) is 6.51. The molecule has 0 unspecified atom stereocenters. The summed E-state index contributed by atoms with van der Waals surface area (Å²) in [6.45, 7) is 2.06. The summed E-state index contributed by atoms with van der Waals surface area (Å²) in [4.78, 5) is 11.0. The van der Waals surface area contributed by atoms with Crippen molar-refractivity contribution < 1.29 is 9.90 Å². The van der Waals surface area contributed by atoms with E-state index in [2.05, 4.69) is 10.6 Å². The maximum atomic E-state index is 11.0. The SMILES string of the molecule is CC(=O)Nc1ccc(NCc2ccc(O)cc2)cc1Cl. The maximum Gasteiger partial charge on any atom is 0.221 e. The van der Waals surface area contributed by atoms with E-state index in [1.54, 1.807) is 24.3 Å². The Hall–Kier alpha value is -2.20. The fourth-order valence-corrected chi connectivity index (χ4v) is 1.96. The number of carbonyl (C=O) groups excluding carboxylic acids is 1. The molecular formula is C15H15ClN2O2. The minimum absolute atomic E-state index is 0.156. The van der Waals surface area contributed by atoms with Crippen LogP contribution in [0.15, 0.2) is 42.5 Å². The first kappa shape index (κ1) is 14.2. The average Bonchev–Trinajstić information content (AvgIpc) is 2.40. The lowest BCUT2D eigenvalue weighted by atomic mass is 10.2. The molecule has 2 rings (SSSR count). The Bertz CT molecular complexity index is 612. The number of aromatic hydroxyl groups is 1. The molecule has 0 aliphatic heterocycles. The Labute approximate surface area is 122 Å². The van der Waals surface area contributed by atoms with Gasteiger partial charge in [0.05, 0.1) is 10.7 Å². The summed E-state index contributed by atoms with van der Waals surface area (Å²) in [7, 11) is 0. The molecule has 0 aromatic heterocycles. The van der Waals surface area contributed by atoms with E-state index in [4.69, 9.17) is 11.6 Å². The van der Waals surface area contributed by atoms with Crippen LogP contribution in [0.5, 0.6) is 5.75 Å². The van der Waals surface area contributed by atoms with Crippen LogP contribution in [-0.4, -0.2) is 11.0 Å². The third kappa shape index (κ3) is 3.90. The van der Waals surface area contributed by atoms with Gasteiger partial charge in [-0.25, -0.2) is 0 Å². The van der Waals surface area contributed by atoms with E-state index in [0.717, 1.165) is 11.3 Å². The number of benzene rings is 2. The van der Waals surface area contributed by atoms with Crippen LogP contribution in [0, 0.1) is 0 Å². The zero-order valence-electron chi connectivity index (χ0n) is 11.0. The number of amides is 1. The monoisotopic (exact) mass is 290 g/mol. The fraction of sp³-hybridized carbons (Fsp3) is 0.133. The third-order valence-corrected chi connectivity index (χ3v) is 3.03. The fourth-order valence-electron chi connectivity index (χ4n) is 1.73. The molecule has 0 aliphatic rings. The van der Waals surface area contributed by atoms with Crippen LogP contribution in [0.25, 0.3) is 0 Å². The number of nitrogens with one attached hydrogen (secondary N) is 2. The molecule has 1 amide bonds. The van der Waals surface area contributed by atoms with E-state index in [1.807, 2.05) is 18.2 Å². The number of hydrogen-bond acceptors (Lipinski definition) is 3. The zero-order valence-corrected chi connectivity index (χ0v) is 11.7. The van der Waals surface area contributed by atoms with E-state index in [1.165, 1.54) is 6.92 Å². The van der Waals surface area contributed by atoms with Crippen LogP contribution in [0.3, 0.4) is 0 Å². The molecule has 2 aromatic rings. The molecule has 0 atom stereocenters. The maximum absolute atomic E-state index is 11.0. The van der Waals surface area contributed by atoms with Crippen molar-refractivity contribution in [3.63, 3.8) is 0 Å². The molecule has 4 nitrogen and oxygen atoms in total. The van der Waals surface area contributed by atoms with Crippen molar-refractivity contribution in [2.24, 2.45) is 0 Å². The normalized spacial score (nSPS) is 10.1. The van der Waals surface area contributed by atoms with E-state index in [0.29, 0.717) is 17.3 Å². The van der Waals surface area contributed by atoms with Crippen molar-refractivity contribution >= 4 is 28.9 Å². The Balaban J connectivity index is 2.01. The van der Waals surface area contributed by atoms with Gasteiger partial charge in [0.2, 0.25) is 5.91 Å². The summed E-state index contributed by atoms with van der Waals surface area (Å²) in [5, 5.41) is 15.6. The predicted molar refractivity (Wildman–Crippen MR) is 81.2 cm³/mol. The number of phenols is 1. The van der Waals surface area contributed by atoms with Crippen molar-refractivity contribution in [2.75, 3.05) is 10.6 Å². The van der Waals surface area contributed by atoms with Gasteiger partial charge in [0.15, 0.2) is 0 Å². The van der Waals surface area contributed by atoms with Gasteiger partial charge in [-0.15, -0.1) is 0 Å². The van der Waals surface area contributed by atoms with Gasteiger partial charge in [0.1, 0.15) is 5.75 Å². The Morgan fingerprint density at radius 1 is 1.20 bits per heavy atom. The van der Waals surface area contributed by atoms with Crippen molar-refractivity contribution in [2.45, 2.75) is 13.5 Å². The second-order valence-corrected chi connectivity index (χ2v) is 4.80. The van der Waals surface area contributed by atoms with E-state index >= 15 is 0 Å². The Kier molecular flexibility index (Phi) is 4.48. The highest BCUT2D eigenvalue weighted by Gasteiger charge is 2.03. The molecule has 2 aromatic carbocycles. The lowest BCUT2D eigenvalue weighted by Crippen LogP contribution is -2.06. The van der Waals surface area contributed by atoms with Crippen molar-refractivity contribution in [3.8, 4) is 5.75 Å². The molecule has 0 fully saturated rings. The largest absolute Gasteiger partial charge is 0.508 e. The minimum Gasteiger partial charge on any atom is -0.508 e. The molecule has 0 aliphatic carbocycles. The molecule has 20 heavy (non-hydrogen) atoms. The Morgan fingerprint density at radius 3 is 2.50 bits per heavy atom. The van der Waals surface area contributed by atoms with Crippen LogP contribution in [0.2, 0.25) is 5.02 Å². The summed E-state index contributed by atoms with van der Waals surface area (Å²) in [5.41, 5.74) is 2.50.